The molecule has 7 nitrogen and oxygen atoms in total. The van der Waals surface area contributed by atoms with E-state index in [0.29, 0.717) is 4.96 Å². The molecule has 0 unspecified atom stereocenters. The summed E-state index contributed by atoms with van der Waals surface area (Å²) in [6.07, 6.45) is 0. The number of carbonyl (C=O) groups excluding carboxylic acids is 1. The number of amides is 1. The number of nitrogens with zero attached hydrogens (tertiary/aromatic N) is 4. The van der Waals surface area contributed by atoms with Crippen LogP contribution in [-0.2, 0) is 4.79 Å². The van der Waals surface area contributed by atoms with E-state index in [-0.39, 0.29) is 22.3 Å². The number of aryl methyl sites for hydroxylation is 1. The van der Waals surface area contributed by atoms with E-state index in [4.69, 9.17) is 11.6 Å². The molecule has 0 saturated carbocycles. The second kappa shape index (κ2) is 4.14. The Morgan fingerprint density at radius 3 is 3.00 bits per heavy atom. The highest BCUT2D eigenvalue weighted by Crippen LogP contribution is 2.15. The van der Waals surface area contributed by atoms with Crippen molar-refractivity contribution in [1.82, 2.24) is 19.8 Å². The van der Waals surface area contributed by atoms with Gasteiger partial charge in [0.25, 0.3) is 5.56 Å². The predicted octanol–water partition coefficient (Wildman–Crippen LogP) is 0.0317. The van der Waals surface area contributed by atoms with Crippen molar-refractivity contribution >= 4 is 38.9 Å². The number of alkyl halides is 1. The predicted molar refractivity (Wildman–Crippen MR) is 59.0 cm³/mol. The quantitative estimate of drug-likeness (QED) is 0.769. The van der Waals surface area contributed by atoms with E-state index >= 15 is 0 Å². The van der Waals surface area contributed by atoms with Crippen molar-refractivity contribution in [3.05, 3.63) is 16.0 Å². The SMILES string of the molecule is Cc1nnc2sc(NC(=O)CCl)nn2c1=O. The summed E-state index contributed by atoms with van der Waals surface area (Å²) >= 11 is 6.38. The minimum atomic E-state index is -0.390. The summed E-state index contributed by atoms with van der Waals surface area (Å²) < 4.78 is 1.09. The van der Waals surface area contributed by atoms with Gasteiger partial charge in [-0.1, -0.05) is 11.3 Å². The van der Waals surface area contributed by atoms with E-state index in [1.165, 1.54) is 6.92 Å². The molecule has 2 rings (SSSR count). The van der Waals surface area contributed by atoms with Gasteiger partial charge in [-0.15, -0.1) is 26.9 Å². The van der Waals surface area contributed by atoms with Crippen LogP contribution in [0.2, 0.25) is 0 Å². The van der Waals surface area contributed by atoms with Crippen LogP contribution >= 0.6 is 22.9 Å². The van der Waals surface area contributed by atoms with E-state index < -0.39 is 5.91 Å². The molecule has 9 heteroatoms. The second-order valence-corrected chi connectivity index (χ2v) is 4.10. The maximum absolute atomic E-state index is 11.6. The maximum Gasteiger partial charge on any atom is 0.296 e. The molecule has 2 aromatic rings. The molecule has 0 aromatic carbocycles. The molecule has 16 heavy (non-hydrogen) atoms. The van der Waals surface area contributed by atoms with Gasteiger partial charge in [0.2, 0.25) is 16.0 Å². The topological polar surface area (TPSA) is 89.2 Å². The van der Waals surface area contributed by atoms with Crippen LogP contribution in [0.3, 0.4) is 0 Å². The Hall–Kier alpha value is -1.54. The maximum atomic E-state index is 11.6. The second-order valence-electron chi connectivity index (χ2n) is 2.87. The summed E-state index contributed by atoms with van der Waals surface area (Å²) in [6, 6.07) is 0. The van der Waals surface area contributed by atoms with Gasteiger partial charge < -0.3 is 0 Å². The van der Waals surface area contributed by atoms with Crippen LogP contribution < -0.4 is 10.9 Å². The Morgan fingerprint density at radius 2 is 2.31 bits per heavy atom. The third kappa shape index (κ3) is 1.89. The highest BCUT2D eigenvalue weighted by atomic mass is 35.5. The van der Waals surface area contributed by atoms with Crippen molar-refractivity contribution in [2.45, 2.75) is 6.92 Å². The normalized spacial score (nSPS) is 10.6. The highest BCUT2D eigenvalue weighted by Gasteiger charge is 2.10. The summed E-state index contributed by atoms with van der Waals surface area (Å²) in [5.74, 6) is -0.561. The highest BCUT2D eigenvalue weighted by molar-refractivity contribution is 7.20. The summed E-state index contributed by atoms with van der Waals surface area (Å²) in [6.45, 7) is 1.54. The fraction of sp³-hybridized carbons (Fsp3) is 0.286. The number of hydrogen-bond acceptors (Lipinski definition) is 6. The smallest absolute Gasteiger partial charge is 0.296 e. The van der Waals surface area contributed by atoms with Gasteiger partial charge in [-0.25, -0.2) is 0 Å². The lowest BCUT2D eigenvalue weighted by Crippen LogP contribution is -2.20. The number of rotatable bonds is 2. The molecule has 1 N–H and O–H groups in total. The van der Waals surface area contributed by atoms with Crippen LogP contribution in [0.4, 0.5) is 5.13 Å². The third-order valence-electron chi connectivity index (χ3n) is 1.72. The number of hydrogen-bond donors (Lipinski definition) is 1. The van der Waals surface area contributed by atoms with Gasteiger partial charge in [0, 0.05) is 0 Å². The Kier molecular flexibility index (Phi) is 2.84. The van der Waals surface area contributed by atoms with E-state index in [2.05, 4.69) is 20.6 Å². The van der Waals surface area contributed by atoms with Gasteiger partial charge in [-0.05, 0) is 6.92 Å². The molecule has 2 heterocycles. The van der Waals surface area contributed by atoms with Crippen LogP contribution in [0.5, 0.6) is 0 Å². The summed E-state index contributed by atoms with van der Waals surface area (Å²) in [5.41, 5.74) is -0.106. The zero-order chi connectivity index (χ0) is 11.7. The minimum absolute atomic E-state index is 0.171. The van der Waals surface area contributed by atoms with Gasteiger partial charge in [0.05, 0.1) is 0 Å². The number of fused-ring (bicyclic) bond motifs is 1. The number of halogens is 1. The van der Waals surface area contributed by atoms with Crippen molar-refractivity contribution in [2.75, 3.05) is 11.2 Å². The van der Waals surface area contributed by atoms with Gasteiger partial charge in [-0.2, -0.15) is 4.52 Å². The lowest BCUT2D eigenvalue weighted by atomic mass is 10.5. The number of aromatic nitrogens is 4. The van der Waals surface area contributed by atoms with Crippen LogP contribution in [0.25, 0.3) is 4.96 Å². The molecule has 0 aliphatic carbocycles. The first-order valence-electron chi connectivity index (χ1n) is 4.21. The van der Waals surface area contributed by atoms with E-state index in [1.54, 1.807) is 0 Å². The van der Waals surface area contributed by atoms with Crippen LogP contribution in [0, 0.1) is 6.92 Å². The summed E-state index contributed by atoms with van der Waals surface area (Å²) in [4.78, 5) is 22.9. The first kappa shape index (κ1) is 11.0. The monoisotopic (exact) mass is 259 g/mol. The van der Waals surface area contributed by atoms with Gasteiger partial charge >= 0.3 is 0 Å². The van der Waals surface area contributed by atoms with Crippen molar-refractivity contribution in [2.24, 2.45) is 0 Å². The Labute approximate surface area is 98.1 Å². The molecule has 0 radical (unpaired) electrons. The number of nitrogens with one attached hydrogen (secondary N) is 1. The average molecular weight is 260 g/mol. The van der Waals surface area contributed by atoms with Crippen molar-refractivity contribution in [3.63, 3.8) is 0 Å². The minimum Gasteiger partial charge on any atom is -0.299 e. The van der Waals surface area contributed by atoms with Gasteiger partial charge in [0.15, 0.2) is 0 Å². The molecule has 0 saturated heterocycles. The lowest BCUT2D eigenvalue weighted by Gasteiger charge is -1.93. The fourth-order valence-corrected chi connectivity index (χ4v) is 1.81. The van der Waals surface area contributed by atoms with E-state index in [0.717, 1.165) is 15.9 Å². The Balaban J connectivity index is 2.48. The van der Waals surface area contributed by atoms with E-state index in [1.807, 2.05) is 0 Å². The molecule has 0 atom stereocenters. The first-order chi connectivity index (χ1) is 7.61. The number of carbonyl (C=O) groups is 1. The van der Waals surface area contributed by atoms with Crippen LogP contribution in [-0.4, -0.2) is 31.6 Å². The summed E-state index contributed by atoms with van der Waals surface area (Å²) in [7, 11) is 0. The standard InChI is InChI=1S/C7H6ClN5O2S/c1-3-5(15)13-7(11-10-3)16-6(12-13)9-4(14)2-8/h2H2,1H3,(H,9,12,14). The van der Waals surface area contributed by atoms with E-state index in [9.17, 15) is 9.59 Å². The first-order valence-corrected chi connectivity index (χ1v) is 5.56. The zero-order valence-corrected chi connectivity index (χ0v) is 9.67. The average Bonchev–Trinajstić information content (AvgIpc) is 2.67. The van der Waals surface area contributed by atoms with Crippen molar-refractivity contribution in [1.29, 1.82) is 0 Å². The molecule has 0 bridgehead atoms. The Bertz CT molecular complexity index is 606. The van der Waals surface area contributed by atoms with Crippen molar-refractivity contribution < 1.29 is 4.79 Å². The molecule has 0 aliphatic heterocycles. The van der Waals surface area contributed by atoms with Crippen LogP contribution in [0.1, 0.15) is 5.69 Å². The molecule has 2 aromatic heterocycles. The zero-order valence-electron chi connectivity index (χ0n) is 8.10. The van der Waals surface area contributed by atoms with Gasteiger partial charge in [-0.3, -0.25) is 14.9 Å². The molecular weight excluding hydrogens is 254 g/mol. The molecular formula is C7H6ClN5O2S. The molecule has 84 valence electrons. The lowest BCUT2D eigenvalue weighted by molar-refractivity contribution is -0.113. The number of anilines is 1. The molecule has 1 amide bonds. The van der Waals surface area contributed by atoms with Crippen LogP contribution in [0.15, 0.2) is 4.79 Å². The summed E-state index contributed by atoms with van der Waals surface area (Å²) in [5, 5.41) is 14.0. The largest absolute Gasteiger partial charge is 0.299 e. The molecule has 0 spiro atoms. The fourth-order valence-electron chi connectivity index (χ4n) is 0.996. The Morgan fingerprint density at radius 1 is 1.56 bits per heavy atom. The molecule has 0 fully saturated rings. The van der Waals surface area contributed by atoms with Gasteiger partial charge in [0.1, 0.15) is 11.6 Å². The molecule has 0 aliphatic rings. The third-order valence-corrected chi connectivity index (χ3v) is 2.77. The van der Waals surface area contributed by atoms with Crippen molar-refractivity contribution in [3.8, 4) is 0 Å².